The summed E-state index contributed by atoms with van der Waals surface area (Å²) in [6.45, 7) is 14.5. The van der Waals surface area contributed by atoms with E-state index in [9.17, 15) is 4.79 Å². The number of hydrogen-bond donors (Lipinski definition) is 1. The molecule has 0 aliphatic carbocycles. The first-order valence-electron chi connectivity index (χ1n) is 5.22. The largest absolute Gasteiger partial charge is 0.330 e. The molecule has 2 nitrogen and oxygen atoms in total. The zero-order valence-corrected chi connectivity index (χ0v) is 10.7. The van der Waals surface area contributed by atoms with E-state index in [1.165, 1.54) is 0 Å². The van der Waals surface area contributed by atoms with Crippen molar-refractivity contribution in [3.05, 3.63) is 0 Å². The van der Waals surface area contributed by atoms with E-state index in [0.717, 1.165) is 0 Å². The highest BCUT2D eigenvalue weighted by atomic mass is 16.1. The molecule has 0 rings (SSSR count). The highest BCUT2D eigenvalue weighted by Crippen LogP contribution is 2.42. The molecule has 14 heavy (non-hydrogen) atoms. The Morgan fingerprint density at radius 1 is 1.00 bits per heavy atom. The number of carbonyl (C=O) groups excluding carboxylic acids is 1. The van der Waals surface area contributed by atoms with E-state index in [-0.39, 0.29) is 22.0 Å². The van der Waals surface area contributed by atoms with Gasteiger partial charge >= 0.3 is 0 Å². The third kappa shape index (κ3) is 2.35. The number of ketones is 1. The molecule has 0 aliphatic heterocycles. The van der Waals surface area contributed by atoms with E-state index >= 15 is 0 Å². The first-order valence-corrected chi connectivity index (χ1v) is 5.22. The summed E-state index contributed by atoms with van der Waals surface area (Å²) in [5.74, 6) is 0.278. The summed E-state index contributed by atoms with van der Waals surface area (Å²) in [6, 6.07) is 0. The van der Waals surface area contributed by atoms with Crippen LogP contribution in [0.25, 0.3) is 0 Å². The second-order valence-corrected chi connectivity index (χ2v) is 6.29. The lowest BCUT2D eigenvalue weighted by Gasteiger charge is -2.43. The number of rotatable bonds is 3. The predicted octanol–water partition coefficient (Wildman–Crippen LogP) is 2.61. The molecule has 2 heteroatoms. The van der Waals surface area contributed by atoms with E-state index in [2.05, 4.69) is 13.8 Å². The normalized spacial score (nSPS) is 14.3. The van der Waals surface area contributed by atoms with Crippen LogP contribution < -0.4 is 5.73 Å². The highest BCUT2D eigenvalue weighted by molar-refractivity contribution is 5.89. The van der Waals surface area contributed by atoms with Crippen molar-refractivity contribution in [1.82, 2.24) is 0 Å². The lowest BCUT2D eigenvalue weighted by molar-refractivity contribution is -0.141. The Hall–Kier alpha value is -0.370. The maximum atomic E-state index is 12.2. The Bertz CT molecular complexity index is 221. The van der Waals surface area contributed by atoms with Gasteiger partial charge in [0.25, 0.3) is 0 Å². The molecular weight excluding hydrogens is 174 g/mol. The standard InChI is InChI=1S/C12H25NO/c1-10(2,3)9(14)12(6,7)11(4,5)8-13/h8,13H2,1-7H3. The van der Waals surface area contributed by atoms with Gasteiger partial charge in [-0.3, -0.25) is 4.79 Å². The third-order valence-electron chi connectivity index (χ3n) is 3.45. The van der Waals surface area contributed by atoms with Crippen LogP contribution >= 0.6 is 0 Å². The molecule has 0 radical (unpaired) electrons. The molecule has 0 aromatic carbocycles. The summed E-state index contributed by atoms with van der Waals surface area (Å²) < 4.78 is 0. The summed E-state index contributed by atoms with van der Waals surface area (Å²) in [6.07, 6.45) is 0. The first kappa shape index (κ1) is 13.6. The highest BCUT2D eigenvalue weighted by Gasteiger charge is 2.45. The van der Waals surface area contributed by atoms with E-state index < -0.39 is 0 Å². The van der Waals surface area contributed by atoms with Crippen LogP contribution in [0.4, 0.5) is 0 Å². The average Bonchev–Trinajstić information content (AvgIpc) is 2.01. The van der Waals surface area contributed by atoms with Gasteiger partial charge in [0.2, 0.25) is 0 Å². The lowest BCUT2D eigenvalue weighted by Crippen LogP contribution is -2.48. The van der Waals surface area contributed by atoms with Gasteiger partial charge in [-0.1, -0.05) is 48.5 Å². The molecule has 0 heterocycles. The van der Waals surface area contributed by atoms with Crippen LogP contribution in [-0.2, 0) is 4.79 Å². The lowest BCUT2D eigenvalue weighted by atomic mass is 9.61. The van der Waals surface area contributed by atoms with Crippen molar-refractivity contribution in [2.75, 3.05) is 6.54 Å². The molecule has 0 spiro atoms. The van der Waals surface area contributed by atoms with Crippen LogP contribution in [0, 0.1) is 16.2 Å². The van der Waals surface area contributed by atoms with Gasteiger partial charge in [-0.2, -0.15) is 0 Å². The van der Waals surface area contributed by atoms with Gasteiger partial charge in [0.05, 0.1) is 0 Å². The minimum atomic E-state index is -0.375. The molecule has 0 saturated heterocycles. The molecule has 0 saturated carbocycles. The molecule has 0 bridgehead atoms. The minimum absolute atomic E-state index is 0.155. The van der Waals surface area contributed by atoms with Crippen LogP contribution in [0.2, 0.25) is 0 Å². The molecule has 0 aromatic heterocycles. The molecule has 0 aliphatic rings. The van der Waals surface area contributed by atoms with E-state index in [1.54, 1.807) is 0 Å². The van der Waals surface area contributed by atoms with Crippen molar-refractivity contribution >= 4 is 5.78 Å². The van der Waals surface area contributed by atoms with Gasteiger partial charge < -0.3 is 5.73 Å². The van der Waals surface area contributed by atoms with Gasteiger partial charge in [-0.25, -0.2) is 0 Å². The van der Waals surface area contributed by atoms with E-state index in [0.29, 0.717) is 6.54 Å². The number of carbonyl (C=O) groups is 1. The number of nitrogens with two attached hydrogens (primary N) is 1. The zero-order valence-electron chi connectivity index (χ0n) is 10.7. The zero-order chi connectivity index (χ0) is 11.8. The minimum Gasteiger partial charge on any atom is -0.330 e. The second kappa shape index (κ2) is 3.65. The van der Waals surface area contributed by atoms with Gasteiger partial charge in [-0.05, 0) is 12.0 Å². The predicted molar refractivity (Wildman–Crippen MR) is 61.1 cm³/mol. The molecule has 2 N–H and O–H groups in total. The van der Waals surface area contributed by atoms with Crippen molar-refractivity contribution in [2.45, 2.75) is 48.5 Å². The molecular formula is C12H25NO. The van der Waals surface area contributed by atoms with Crippen LogP contribution in [0.15, 0.2) is 0 Å². The summed E-state index contributed by atoms with van der Waals surface area (Å²) in [5, 5.41) is 0. The summed E-state index contributed by atoms with van der Waals surface area (Å²) in [4.78, 5) is 12.2. The van der Waals surface area contributed by atoms with Crippen LogP contribution in [-0.4, -0.2) is 12.3 Å². The van der Waals surface area contributed by atoms with Crippen LogP contribution in [0.5, 0.6) is 0 Å². The third-order valence-corrected chi connectivity index (χ3v) is 3.45. The fraction of sp³-hybridized carbons (Fsp3) is 0.917. The van der Waals surface area contributed by atoms with Gasteiger partial charge in [0.15, 0.2) is 0 Å². The molecule has 0 atom stereocenters. The Balaban J connectivity index is 5.07. The van der Waals surface area contributed by atoms with Crippen molar-refractivity contribution in [2.24, 2.45) is 22.0 Å². The quantitative estimate of drug-likeness (QED) is 0.759. The Kier molecular flexibility index (Phi) is 3.55. The molecule has 0 unspecified atom stereocenters. The SMILES string of the molecule is CC(C)(C)C(=O)C(C)(C)C(C)(C)CN. The fourth-order valence-corrected chi connectivity index (χ4v) is 1.50. The van der Waals surface area contributed by atoms with Crippen molar-refractivity contribution in [1.29, 1.82) is 0 Å². The number of hydrogen-bond acceptors (Lipinski definition) is 2. The Morgan fingerprint density at radius 2 is 1.36 bits per heavy atom. The second-order valence-electron chi connectivity index (χ2n) is 6.29. The molecule has 0 fully saturated rings. The van der Waals surface area contributed by atoms with Gasteiger partial charge in [0.1, 0.15) is 5.78 Å². The Morgan fingerprint density at radius 3 is 1.57 bits per heavy atom. The first-order chi connectivity index (χ1) is 5.97. The van der Waals surface area contributed by atoms with E-state index in [4.69, 9.17) is 5.73 Å². The molecule has 0 amide bonds. The van der Waals surface area contributed by atoms with Crippen molar-refractivity contribution in [3.63, 3.8) is 0 Å². The van der Waals surface area contributed by atoms with Gasteiger partial charge in [-0.15, -0.1) is 0 Å². The maximum Gasteiger partial charge on any atom is 0.144 e. The topological polar surface area (TPSA) is 43.1 Å². The Labute approximate surface area is 88.3 Å². The summed E-state index contributed by atoms with van der Waals surface area (Å²) in [5.41, 5.74) is 4.90. The van der Waals surface area contributed by atoms with Crippen molar-refractivity contribution < 1.29 is 4.79 Å². The summed E-state index contributed by atoms with van der Waals surface area (Å²) in [7, 11) is 0. The summed E-state index contributed by atoms with van der Waals surface area (Å²) >= 11 is 0. The molecule has 84 valence electrons. The maximum absolute atomic E-state index is 12.2. The number of Topliss-reactive ketones (excluding diaryl/α,β-unsaturated/α-hetero) is 1. The fourth-order valence-electron chi connectivity index (χ4n) is 1.50. The average molecular weight is 199 g/mol. The smallest absolute Gasteiger partial charge is 0.144 e. The van der Waals surface area contributed by atoms with Crippen LogP contribution in [0.3, 0.4) is 0 Å². The monoisotopic (exact) mass is 199 g/mol. The van der Waals surface area contributed by atoms with Crippen LogP contribution in [0.1, 0.15) is 48.5 Å². The molecule has 0 aromatic rings. The van der Waals surface area contributed by atoms with Crippen molar-refractivity contribution in [3.8, 4) is 0 Å². The van der Waals surface area contributed by atoms with E-state index in [1.807, 2.05) is 34.6 Å². The van der Waals surface area contributed by atoms with Gasteiger partial charge in [0, 0.05) is 10.8 Å².